The van der Waals surface area contributed by atoms with Crippen molar-refractivity contribution >= 4 is 28.6 Å². The minimum atomic E-state index is -0.472. The zero-order valence-corrected chi connectivity index (χ0v) is 21.8. The zero-order valence-electron chi connectivity index (χ0n) is 21.8. The minimum absolute atomic E-state index is 0.00902. The van der Waals surface area contributed by atoms with Crippen LogP contribution < -0.4 is 14.8 Å². The van der Waals surface area contributed by atoms with Gasteiger partial charge in [-0.1, -0.05) is 0 Å². The third-order valence-corrected chi connectivity index (χ3v) is 7.66. The molecule has 14 heteroatoms. The lowest BCUT2D eigenvalue weighted by Gasteiger charge is -2.36. The van der Waals surface area contributed by atoms with E-state index in [2.05, 4.69) is 19.9 Å². The maximum absolute atomic E-state index is 13.0. The molecule has 1 aromatic carbocycles. The number of hydrogen-bond donors (Lipinski definition) is 0. The number of rotatable bonds is 7. The fourth-order valence-electron chi connectivity index (χ4n) is 5.57. The lowest BCUT2D eigenvalue weighted by Crippen LogP contribution is -2.47. The molecule has 0 amide bonds. The fraction of sp³-hybridized carbons (Fsp3) is 0.423. The largest absolute Gasteiger partial charge is 0.571 e. The molecule has 1 aliphatic carbocycles. The summed E-state index contributed by atoms with van der Waals surface area (Å²) in [6, 6.07) is 8.37. The Balaban J connectivity index is 1.08. The summed E-state index contributed by atoms with van der Waals surface area (Å²) in [7, 11) is 0. The number of anilines is 2. The highest BCUT2D eigenvalue weighted by molar-refractivity contribution is 6.26. The molecule has 2 saturated heterocycles. The van der Waals surface area contributed by atoms with Gasteiger partial charge in [0.15, 0.2) is 5.69 Å². The van der Waals surface area contributed by atoms with Crippen molar-refractivity contribution in [3.05, 3.63) is 74.5 Å². The van der Waals surface area contributed by atoms with Gasteiger partial charge >= 0.3 is 0 Å². The number of fused-ring (bicyclic) bond motifs is 2. The number of carbonyl (C=O) groups is 2. The molecule has 0 spiro atoms. The Morgan fingerprint density at radius 3 is 2.48 bits per heavy atom. The van der Waals surface area contributed by atoms with Crippen LogP contribution in [0.4, 0.5) is 17.1 Å². The predicted octanol–water partition coefficient (Wildman–Crippen LogP) is 0.644. The van der Waals surface area contributed by atoms with E-state index in [4.69, 9.17) is 4.74 Å². The Labute approximate surface area is 229 Å². The van der Waals surface area contributed by atoms with Gasteiger partial charge in [0, 0.05) is 73.8 Å². The highest BCUT2D eigenvalue weighted by Gasteiger charge is 2.40. The number of piperazine rings is 1. The number of nitrogens with zero attached hydrogens (tertiary/aromatic N) is 8. The van der Waals surface area contributed by atoms with Crippen molar-refractivity contribution < 1.29 is 24.2 Å². The van der Waals surface area contributed by atoms with Crippen molar-refractivity contribution in [1.29, 1.82) is 0 Å². The number of nitro benzene ring substituents is 1. The van der Waals surface area contributed by atoms with Gasteiger partial charge in [0.1, 0.15) is 11.4 Å². The third-order valence-electron chi connectivity index (χ3n) is 7.66. The van der Waals surface area contributed by atoms with Crippen LogP contribution in [0.15, 0.2) is 36.5 Å². The molecule has 3 aromatic rings. The number of ether oxygens (including phenoxy) is 1. The standard InChI is InChI=1S/C26H28N8O6/c35-25-19-3-1-6-27-22(19)26(36)24-23(25)28-34(39)32(24)8-2-7-29-9-11-30(12-10-29)18-4-5-20(33(37)38)21(17-18)31-13-15-40-16-14-31/h1,3-6,17H,2,7-16H2. The number of carbonyl (C=O) groups excluding carboxylic acids is 2. The quantitative estimate of drug-likeness (QED) is 0.138. The molecule has 3 aliphatic rings. The summed E-state index contributed by atoms with van der Waals surface area (Å²) in [5.41, 5.74) is 1.73. The average molecular weight is 549 g/mol. The molecule has 0 saturated carbocycles. The molecule has 2 fully saturated rings. The van der Waals surface area contributed by atoms with Crippen molar-refractivity contribution in [1.82, 2.24) is 19.7 Å². The van der Waals surface area contributed by atoms with Gasteiger partial charge in [0.05, 0.1) is 30.2 Å². The van der Waals surface area contributed by atoms with E-state index in [1.165, 1.54) is 16.9 Å². The zero-order chi connectivity index (χ0) is 27.8. The van der Waals surface area contributed by atoms with Gasteiger partial charge in [-0.3, -0.25) is 29.6 Å². The monoisotopic (exact) mass is 548 g/mol. The number of morpholine rings is 1. The summed E-state index contributed by atoms with van der Waals surface area (Å²) in [4.78, 5) is 48.0. The second kappa shape index (κ2) is 10.6. The van der Waals surface area contributed by atoms with E-state index in [0.29, 0.717) is 49.9 Å². The van der Waals surface area contributed by atoms with E-state index in [9.17, 15) is 24.9 Å². The van der Waals surface area contributed by atoms with Crippen LogP contribution in [0, 0.1) is 15.3 Å². The molecular weight excluding hydrogens is 520 g/mol. The van der Waals surface area contributed by atoms with Crippen LogP contribution in [-0.4, -0.2) is 95.2 Å². The fourth-order valence-corrected chi connectivity index (χ4v) is 5.57. The van der Waals surface area contributed by atoms with Crippen molar-refractivity contribution in [3.8, 4) is 0 Å². The van der Waals surface area contributed by atoms with Crippen LogP contribution in [0.3, 0.4) is 0 Å². The van der Waals surface area contributed by atoms with E-state index in [1.807, 2.05) is 11.0 Å². The molecule has 0 N–H and O–H groups in total. The Bertz CT molecular complexity index is 1480. The van der Waals surface area contributed by atoms with Gasteiger partial charge in [0.2, 0.25) is 17.3 Å². The molecular formula is C26H28N8O6. The second-order valence-corrected chi connectivity index (χ2v) is 9.94. The topological polar surface area (TPSA) is 154 Å². The highest BCUT2D eigenvalue weighted by Crippen LogP contribution is 2.33. The highest BCUT2D eigenvalue weighted by atomic mass is 16.6. The van der Waals surface area contributed by atoms with Crippen molar-refractivity contribution in [2.75, 3.05) is 68.8 Å². The van der Waals surface area contributed by atoms with E-state index in [-0.39, 0.29) is 39.8 Å². The smallest absolute Gasteiger partial charge is 0.292 e. The number of benzene rings is 1. The number of hydrogen-bond acceptors (Lipinski definition) is 11. The van der Waals surface area contributed by atoms with E-state index < -0.39 is 11.6 Å². The van der Waals surface area contributed by atoms with Crippen molar-refractivity contribution in [2.45, 2.75) is 13.0 Å². The second-order valence-electron chi connectivity index (χ2n) is 9.94. The summed E-state index contributed by atoms with van der Waals surface area (Å²) in [6.45, 7) is 6.29. The molecule has 0 bridgehead atoms. The first-order valence-electron chi connectivity index (χ1n) is 13.3. The summed E-state index contributed by atoms with van der Waals surface area (Å²) in [5, 5.41) is 27.9. The maximum Gasteiger partial charge on any atom is 0.292 e. The molecule has 14 nitrogen and oxygen atoms in total. The number of nitro groups is 1. The molecule has 0 atom stereocenters. The molecule has 0 unspecified atom stereocenters. The van der Waals surface area contributed by atoms with Gasteiger partial charge in [-0.2, -0.15) is 0 Å². The first-order valence-corrected chi connectivity index (χ1v) is 13.3. The first-order chi connectivity index (χ1) is 19.4. The summed E-state index contributed by atoms with van der Waals surface area (Å²) in [5.74, 6) is -0.944. The Morgan fingerprint density at radius 1 is 0.950 bits per heavy atom. The lowest BCUT2D eigenvalue weighted by atomic mass is 9.94. The van der Waals surface area contributed by atoms with Gasteiger partial charge < -0.3 is 19.7 Å². The van der Waals surface area contributed by atoms with E-state index >= 15 is 0 Å². The minimum Gasteiger partial charge on any atom is -0.571 e. The predicted molar refractivity (Wildman–Crippen MR) is 142 cm³/mol. The molecule has 2 aromatic heterocycles. The SMILES string of the molecule is O=C1c2cccnc2C(=O)c2c1n[n+]([O-])n2CCCN1CCN(c2ccc([N+](=O)[O-])c(N3CCOCC3)c2)CC1. The molecule has 6 rings (SSSR count). The number of pyridine rings is 1. The summed E-state index contributed by atoms with van der Waals surface area (Å²) >= 11 is 0. The van der Waals surface area contributed by atoms with Crippen LogP contribution in [0.25, 0.3) is 0 Å². The normalized spacial score (nSPS) is 17.6. The molecule has 40 heavy (non-hydrogen) atoms. The van der Waals surface area contributed by atoms with Crippen LogP contribution in [-0.2, 0) is 11.3 Å². The van der Waals surface area contributed by atoms with E-state index in [1.54, 1.807) is 18.2 Å². The maximum atomic E-state index is 13.0. The lowest BCUT2D eigenvalue weighted by molar-refractivity contribution is -0.749. The third kappa shape index (κ3) is 4.64. The van der Waals surface area contributed by atoms with E-state index in [0.717, 1.165) is 31.9 Å². The summed E-state index contributed by atoms with van der Waals surface area (Å²) in [6.07, 6.45) is 2.03. The van der Waals surface area contributed by atoms with Crippen molar-refractivity contribution in [2.24, 2.45) is 0 Å². The van der Waals surface area contributed by atoms with Crippen LogP contribution in [0.5, 0.6) is 0 Å². The van der Waals surface area contributed by atoms with Crippen LogP contribution in [0.1, 0.15) is 38.7 Å². The molecule has 208 valence electrons. The molecule has 4 heterocycles. The summed E-state index contributed by atoms with van der Waals surface area (Å²) < 4.78 is 6.62. The van der Waals surface area contributed by atoms with Crippen LogP contribution in [0.2, 0.25) is 0 Å². The Hall–Kier alpha value is -4.43. The van der Waals surface area contributed by atoms with Gasteiger partial charge in [-0.25, -0.2) is 0 Å². The Morgan fingerprint density at radius 2 is 1.73 bits per heavy atom. The molecule has 2 aliphatic heterocycles. The van der Waals surface area contributed by atoms with Gasteiger partial charge in [0.25, 0.3) is 5.69 Å². The Kier molecular flexibility index (Phi) is 6.86. The number of aromatic nitrogens is 4. The average Bonchev–Trinajstić information content (AvgIpc) is 3.32. The van der Waals surface area contributed by atoms with Gasteiger partial charge in [-0.15, -0.1) is 4.68 Å². The number of ketones is 2. The van der Waals surface area contributed by atoms with Gasteiger partial charge in [-0.05, 0) is 30.7 Å². The van der Waals surface area contributed by atoms with Crippen LogP contribution >= 0.6 is 0 Å². The van der Waals surface area contributed by atoms with Crippen molar-refractivity contribution in [3.63, 3.8) is 0 Å². The first kappa shape index (κ1) is 25.8. The molecule has 0 radical (unpaired) electrons.